The Labute approximate surface area is 121 Å². The van der Waals surface area contributed by atoms with Gasteiger partial charge in [0.15, 0.2) is 0 Å². The number of rotatable bonds is 15. The normalized spacial score (nSPS) is 12.8. The summed E-state index contributed by atoms with van der Waals surface area (Å²) in [5.41, 5.74) is 5.95. The average molecular weight is 271 g/mol. The third-order valence-electron chi connectivity index (χ3n) is 3.89. The second kappa shape index (κ2) is 16.0. The highest BCUT2D eigenvalue weighted by Gasteiger charge is 1.99. The predicted octanol–water partition coefficient (Wildman–Crippen LogP) is 4.62. The first-order valence-electron chi connectivity index (χ1n) is 8.71. The van der Waals surface area contributed by atoms with Crippen molar-refractivity contribution < 1.29 is 0 Å². The van der Waals surface area contributed by atoms with E-state index in [0.717, 1.165) is 6.54 Å². The molecule has 0 aliphatic carbocycles. The Bertz CT molecular complexity index is 159. The van der Waals surface area contributed by atoms with Gasteiger partial charge in [-0.2, -0.15) is 0 Å². The number of hydrogen-bond acceptors (Lipinski definition) is 2. The molecule has 0 aliphatic rings. The summed E-state index contributed by atoms with van der Waals surface area (Å²) >= 11 is 0. The fourth-order valence-corrected chi connectivity index (χ4v) is 2.61. The van der Waals surface area contributed by atoms with Crippen LogP contribution in [0.15, 0.2) is 0 Å². The van der Waals surface area contributed by atoms with E-state index in [-0.39, 0.29) is 0 Å². The molecule has 0 radical (unpaired) electrons. The van der Waals surface area contributed by atoms with E-state index in [0.29, 0.717) is 6.04 Å². The first-order chi connectivity index (χ1) is 9.31. The zero-order chi connectivity index (χ0) is 14.2. The SMILES string of the molecule is CCCCCCCCCCCCCCC(N)CNC. The number of likely N-dealkylation sites (N-methyl/N-ethyl adjacent to an activating group) is 1. The van der Waals surface area contributed by atoms with Gasteiger partial charge < -0.3 is 11.1 Å². The van der Waals surface area contributed by atoms with Gasteiger partial charge in [-0.25, -0.2) is 0 Å². The molecule has 0 aliphatic heterocycles. The lowest BCUT2D eigenvalue weighted by Crippen LogP contribution is -2.31. The van der Waals surface area contributed by atoms with Gasteiger partial charge in [-0.3, -0.25) is 0 Å². The van der Waals surface area contributed by atoms with E-state index in [1.807, 2.05) is 7.05 Å². The maximum atomic E-state index is 5.95. The molecule has 0 saturated heterocycles. The first kappa shape index (κ1) is 18.9. The lowest BCUT2D eigenvalue weighted by molar-refractivity contribution is 0.508. The molecular weight excluding hydrogens is 232 g/mol. The van der Waals surface area contributed by atoms with Crippen LogP contribution in [0.3, 0.4) is 0 Å². The highest BCUT2D eigenvalue weighted by molar-refractivity contribution is 4.62. The van der Waals surface area contributed by atoms with Gasteiger partial charge in [0, 0.05) is 12.6 Å². The van der Waals surface area contributed by atoms with E-state index in [4.69, 9.17) is 5.73 Å². The molecule has 0 bridgehead atoms. The summed E-state index contributed by atoms with van der Waals surface area (Å²) in [5, 5.41) is 3.14. The average Bonchev–Trinajstić information content (AvgIpc) is 2.40. The second-order valence-corrected chi connectivity index (χ2v) is 6.00. The van der Waals surface area contributed by atoms with Crippen molar-refractivity contribution in [2.75, 3.05) is 13.6 Å². The summed E-state index contributed by atoms with van der Waals surface area (Å²) in [4.78, 5) is 0. The van der Waals surface area contributed by atoms with E-state index < -0.39 is 0 Å². The Morgan fingerprint density at radius 1 is 0.737 bits per heavy atom. The van der Waals surface area contributed by atoms with Gasteiger partial charge in [0.05, 0.1) is 0 Å². The monoisotopic (exact) mass is 270 g/mol. The lowest BCUT2D eigenvalue weighted by atomic mass is 10.0. The van der Waals surface area contributed by atoms with Crippen LogP contribution in [-0.2, 0) is 0 Å². The lowest BCUT2D eigenvalue weighted by Gasteiger charge is -2.10. The smallest absolute Gasteiger partial charge is 0.0165 e. The summed E-state index contributed by atoms with van der Waals surface area (Å²) in [6.07, 6.45) is 18.2. The zero-order valence-electron chi connectivity index (χ0n) is 13.6. The molecule has 0 fully saturated rings. The Kier molecular flexibility index (Phi) is 15.9. The molecule has 1 atom stereocenters. The minimum Gasteiger partial charge on any atom is -0.327 e. The maximum Gasteiger partial charge on any atom is 0.0165 e. The molecule has 1 unspecified atom stereocenters. The van der Waals surface area contributed by atoms with Crippen LogP contribution < -0.4 is 11.1 Å². The van der Waals surface area contributed by atoms with Crippen molar-refractivity contribution in [1.82, 2.24) is 5.32 Å². The van der Waals surface area contributed by atoms with E-state index in [9.17, 15) is 0 Å². The van der Waals surface area contributed by atoms with Gasteiger partial charge >= 0.3 is 0 Å². The van der Waals surface area contributed by atoms with Crippen LogP contribution in [0, 0.1) is 0 Å². The Morgan fingerprint density at radius 3 is 1.58 bits per heavy atom. The van der Waals surface area contributed by atoms with Crippen molar-refractivity contribution in [2.24, 2.45) is 5.73 Å². The van der Waals surface area contributed by atoms with Gasteiger partial charge in [0.25, 0.3) is 0 Å². The molecule has 116 valence electrons. The van der Waals surface area contributed by atoms with Crippen molar-refractivity contribution in [3.8, 4) is 0 Å². The molecule has 0 rings (SSSR count). The molecule has 0 amide bonds. The van der Waals surface area contributed by atoms with Gasteiger partial charge in [-0.1, -0.05) is 84.0 Å². The fourth-order valence-electron chi connectivity index (χ4n) is 2.61. The van der Waals surface area contributed by atoms with Crippen molar-refractivity contribution in [3.05, 3.63) is 0 Å². The van der Waals surface area contributed by atoms with Gasteiger partial charge in [-0.05, 0) is 13.5 Å². The molecule has 0 aromatic heterocycles. The summed E-state index contributed by atoms with van der Waals surface area (Å²) in [6.45, 7) is 3.24. The van der Waals surface area contributed by atoms with Crippen molar-refractivity contribution >= 4 is 0 Å². The molecule has 3 N–H and O–H groups in total. The summed E-state index contributed by atoms with van der Waals surface area (Å²) in [7, 11) is 1.97. The molecule has 0 heterocycles. The third-order valence-corrected chi connectivity index (χ3v) is 3.89. The van der Waals surface area contributed by atoms with E-state index >= 15 is 0 Å². The van der Waals surface area contributed by atoms with Crippen LogP contribution in [-0.4, -0.2) is 19.6 Å². The number of nitrogens with two attached hydrogens (primary N) is 1. The Hall–Kier alpha value is -0.0800. The van der Waals surface area contributed by atoms with Crippen LogP contribution in [0.1, 0.15) is 90.4 Å². The quantitative estimate of drug-likeness (QED) is 0.426. The zero-order valence-corrected chi connectivity index (χ0v) is 13.6. The summed E-state index contributed by atoms with van der Waals surface area (Å²) in [6, 6.07) is 0.355. The first-order valence-corrected chi connectivity index (χ1v) is 8.71. The molecular formula is C17H38N2. The number of hydrogen-bond donors (Lipinski definition) is 2. The minimum absolute atomic E-state index is 0.355. The fraction of sp³-hybridized carbons (Fsp3) is 1.00. The number of nitrogens with one attached hydrogen (secondary N) is 1. The molecule has 2 heteroatoms. The van der Waals surface area contributed by atoms with Gasteiger partial charge in [0.1, 0.15) is 0 Å². The third kappa shape index (κ3) is 15.9. The molecule has 2 nitrogen and oxygen atoms in total. The summed E-state index contributed by atoms with van der Waals surface area (Å²) in [5.74, 6) is 0. The minimum atomic E-state index is 0.355. The van der Waals surface area contributed by atoms with Crippen LogP contribution in [0.4, 0.5) is 0 Å². The molecule has 19 heavy (non-hydrogen) atoms. The molecule has 0 aromatic carbocycles. The predicted molar refractivity (Wildman–Crippen MR) is 87.6 cm³/mol. The van der Waals surface area contributed by atoms with Crippen molar-refractivity contribution in [2.45, 2.75) is 96.4 Å². The molecule has 0 saturated carbocycles. The highest BCUT2D eigenvalue weighted by Crippen LogP contribution is 2.12. The highest BCUT2D eigenvalue weighted by atomic mass is 14.9. The van der Waals surface area contributed by atoms with Crippen molar-refractivity contribution in [1.29, 1.82) is 0 Å². The van der Waals surface area contributed by atoms with E-state index in [1.54, 1.807) is 0 Å². The topological polar surface area (TPSA) is 38.0 Å². The van der Waals surface area contributed by atoms with E-state index in [1.165, 1.54) is 83.5 Å². The van der Waals surface area contributed by atoms with Gasteiger partial charge in [-0.15, -0.1) is 0 Å². The van der Waals surface area contributed by atoms with Crippen LogP contribution in [0.5, 0.6) is 0 Å². The second-order valence-electron chi connectivity index (χ2n) is 6.00. The standard InChI is InChI=1S/C17H38N2/c1-3-4-5-6-7-8-9-10-11-12-13-14-15-17(18)16-19-2/h17,19H,3-16,18H2,1-2H3. The largest absolute Gasteiger partial charge is 0.327 e. The van der Waals surface area contributed by atoms with Gasteiger partial charge in [0.2, 0.25) is 0 Å². The van der Waals surface area contributed by atoms with Crippen LogP contribution >= 0.6 is 0 Å². The van der Waals surface area contributed by atoms with E-state index in [2.05, 4.69) is 12.2 Å². The Morgan fingerprint density at radius 2 is 1.16 bits per heavy atom. The van der Waals surface area contributed by atoms with Crippen molar-refractivity contribution in [3.63, 3.8) is 0 Å². The Balaban J connectivity index is 2.99. The molecule has 0 spiro atoms. The van der Waals surface area contributed by atoms with Crippen LogP contribution in [0.25, 0.3) is 0 Å². The number of unbranched alkanes of at least 4 members (excludes halogenated alkanes) is 11. The molecule has 0 aromatic rings. The summed E-state index contributed by atoms with van der Waals surface area (Å²) < 4.78 is 0. The van der Waals surface area contributed by atoms with Crippen LogP contribution in [0.2, 0.25) is 0 Å². The maximum absolute atomic E-state index is 5.95.